The van der Waals surface area contributed by atoms with E-state index < -0.39 is 0 Å². The van der Waals surface area contributed by atoms with Crippen LogP contribution in [0, 0.1) is 0 Å². The first-order valence-electron chi connectivity index (χ1n) is 8.08. The minimum absolute atomic E-state index is 0.0937. The van der Waals surface area contributed by atoms with Crippen LogP contribution in [0.5, 0.6) is 0 Å². The molecule has 1 aromatic rings. The van der Waals surface area contributed by atoms with Crippen molar-refractivity contribution in [3.05, 3.63) is 18.5 Å². The molecule has 122 valence electrons. The Labute approximate surface area is 137 Å². The number of carbonyl (C=O) groups excluding carboxylic acids is 1. The van der Waals surface area contributed by atoms with Gasteiger partial charge in [0.15, 0.2) is 5.16 Å². The molecule has 2 rings (SSSR count). The summed E-state index contributed by atoms with van der Waals surface area (Å²) >= 11 is 1.45. The summed E-state index contributed by atoms with van der Waals surface area (Å²) in [6.45, 7) is 8.64. The topological polar surface area (TPSA) is 59.8 Å². The van der Waals surface area contributed by atoms with Gasteiger partial charge >= 0.3 is 0 Å². The van der Waals surface area contributed by atoms with E-state index in [4.69, 9.17) is 0 Å². The van der Waals surface area contributed by atoms with Crippen molar-refractivity contribution in [1.29, 1.82) is 0 Å². The molecule has 0 saturated heterocycles. The Hall–Kier alpha value is -1.30. The van der Waals surface area contributed by atoms with Crippen LogP contribution in [-0.2, 0) is 11.3 Å². The highest BCUT2D eigenvalue weighted by molar-refractivity contribution is 7.99. The van der Waals surface area contributed by atoms with Crippen LogP contribution in [0.15, 0.2) is 17.8 Å². The van der Waals surface area contributed by atoms with E-state index in [0.717, 1.165) is 23.8 Å². The summed E-state index contributed by atoms with van der Waals surface area (Å²) in [4.78, 5) is 12.1. The van der Waals surface area contributed by atoms with Gasteiger partial charge in [-0.1, -0.05) is 50.9 Å². The molecule has 0 bridgehead atoms. The summed E-state index contributed by atoms with van der Waals surface area (Å²) in [5, 5.41) is 12.4. The highest BCUT2D eigenvalue weighted by atomic mass is 32.2. The van der Waals surface area contributed by atoms with E-state index in [1.54, 1.807) is 0 Å². The zero-order chi connectivity index (χ0) is 15.9. The van der Waals surface area contributed by atoms with E-state index in [1.165, 1.54) is 31.0 Å². The van der Waals surface area contributed by atoms with Gasteiger partial charge < -0.3 is 9.88 Å². The molecule has 5 nitrogen and oxygen atoms in total. The van der Waals surface area contributed by atoms with Gasteiger partial charge in [0.1, 0.15) is 5.82 Å². The van der Waals surface area contributed by atoms with Gasteiger partial charge in [-0.25, -0.2) is 0 Å². The zero-order valence-electron chi connectivity index (χ0n) is 13.5. The average molecular weight is 322 g/mol. The van der Waals surface area contributed by atoms with Gasteiger partial charge in [-0.3, -0.25) is 4.79 Å². The van der Waals surface area contributed by atoms with Crippen molar-refractivity contribution in [2.45, 2.75) is 69.6 Å². The standard InChI is InChI=1S/C16H26N4OS/c1-4-10-20-15(12(2)3)18-19-16(20)22-11-14(21)17-13-8-6-5-7-9-13/h4,12-13H,1,5-11H2,2-3H3,(H,17,21). The number of rotatable bonds is 7. The second-order valence-electron chi connectivity index (χ2n) is 6.09. The Morgan fingerprint density at radius 1 is 1.41 bits per heavy atom. The summed E-state index contributed by atoms with van der Waals surface area (Å²) in [6, 6.07) is 0.360. The van der Waals surface area contributed by atoms with Crippen molar-refractivity contribution in [2.75, 3.05) is 5.75 Å². The minimum atomic E-state index is 0.0937. The molecule has 1 fully saturated rings. The Morgan fingerprint density at radius 2 is 2.14 bits per heavy atom. The van der Waals surface area contributed by atoms with Gasteiger partial charge in [0.25, 0.3) is 0 Å². The number of hydrogen-bond donors (Lipinski definition) is 1. The predicted molar refractivity (Wildman–Crippen MR) is 90.0 cm³/mol. The van der Waals surface area contributed by atoms with Crippen LogP contribution in [0.4, 0.5) is 0 Å². The predicted octanol–water partition coefficient (Wildman–Crippen LogP) is 3.13. The molecule has 0 unspecified atom stereocenters. The lowest BCUT2D eigenvalue weighted by Gasteiger charge is -2.22. The lowest BCUT2D eigenvalue weighted by atomic mass is 9.95. The van der Waals surface area contributed by atoms with Crippen molar-refractivity contribution in [1.82, 2.24) is 20.1 Å². The van der Waals surface area contributed by atoms with Crippen LogP contribution in [0.2, 0.25) is 0 Å². The lowest BCUT2D eigenvalue weighted by molar-refractivity contribution is -0.119. The molecular weight excluding hydrogens is 296 g/mol. The number of aromatic nitrogens is 3. The largest absolute Gasteiger partial charge is 0.353 e. The quantitative estimate of drug-likeness (QED) is 0.619. The maximum atomic E-state index is 12.1. The van der Waals surface area contributed by atoms with Gasteiger partial charge in [-0.05, 0) is 12.8 Å². The molecule has 0 aromatic carbocycles. The Kier molecular flexibility index (Phi) is 6.49. The number of nitrogens with zero attached hydrogens (tertiary/aromatic N) is 3. The third kappa shape index (κ3) is 4.60. The highest BCUT2D eigenvalue weighted by Gasteiger charge is 2.18. The van der Waals surface area contributed by atoms with E-state index in [2.05, 4.69) is 35.9 Å². The summed E-state index contributed by atoms with van der Waals surface area (Å²) < 4.78 is 2.04. The van der Waals surface area contributed by atoms with Crippen molar-refractivity contribution in [3.63, 3.8) is 0 Å². The molecule has 1 aliphatic carbocycles. The third-order valence-electron chi connectivity index (χ3n) is 3.88. The smallest absolute Gasteiger partial charge is 0.230 e. The van der Waals surface area contributed by atoms with E-state index in [9.17, 15) is 4.79 Å². The molecule has 6 heteroatoms. The molecule has 22 heavy (non-hydrogen) atoms. The first-order valence-corrected chi connectivity index (χ1v) is 9.06. The molecule has 1 heterocycles. The van der Waals surface area contributed by atoms with Crippen LogP contribution in [0.1, 0.15) is 57.7 Å². The van der Waals surface area contributed by atoms with Gasteiger partial charge in [-0.15, -0.1) is 16.8 Å². The van der Waals surface area contributed by atoms with Crippen molar-refractivity contribution >= 4 is 17.7 Å². The summed E-state index contributed by atoms with van der Waals surface area (Å²) in [5.41, 5.74) is 0. The van der Waals surface area contributed by atoms with Crippen molar-refractivity contribution in [2.24, 2.45) is 0 Å². The number of carbonyl (C=O) groups is 1. The molecule has 0 spiro atoms. The maximum Gasteiger partial charge on any atom is 0.230 e. The monoisotopic (exact) mass is 322 g/mol. The first-order chi connectivity index (χ1) is 10.6. The summed E-state index contributed by atoms with van der Waals surface area (Å²) in [7, 11) is 0. The normalized spacial score (nSPS) is 16.0. The molecule has 0 atom stereocenters. The molecule has 0 aliphatic heterocycles. The first kappa shape index (κ1) is 17.1. The van der Waals surface area contributed by atoms with Crippen LogP contribution in [-0.4, -0.2) is 32.5 Å². The highest BCUT2D eigenvalue weighted by Crippen LogP contribution is 2.22. The molecule has 1 aliphatic rings. The summed E-state index contributed by atoms with van der Waals surface area (Å²) in [6.07, 6.45) is 7.80. The number of allylic oxidation sites excluding steroid dienone is 1. The molecule has 1 N–H and O–H groups in total. The van der Waals surface area contributed by atoms with Gasteiger partial charge in [0.05, 0.1) is 5.75 Å². The number of thioether (sulfide) groups is 1. The fraction of sp³-hybridized carbons (Fsp3) is 0.688. The second-order valence-corrected chi connectivity index (χ2v) is 7.03. The zero-order valence-corrected chi connectivity index (χ0v) is 14.4. The molecule has 0 radical (unpaired) electrons. The van der Waals surface area contributed by atoms with E-state index in [0.29, 0.717) is 24.3 Å². The summed E-state index contributed by atoms with van der Waals surface area (Å²) in [5.74, 6) is 1.73. The molecule has 1 amide bonds. The van der Waals surface area contributed by atoms with Crippen LogP contribution in [0.25, 0.3) is 0 Å². The van der Waals surface area contributed by atoms with E-state index in [1.807, 2.05) is 10.6 Å². The van der Waals surface area contributed by atoms with Gasteiger partial charge in [-0.2, -0.15) is 0 Å². The average Bonchev–Trinajstić information content (AvgIpc) is 2.90. The Bertz CT molecular complexity index is 506. The fourth-order valence-corrected chi connectivity index (χ4v) is 3.55. The number of nitrogens with one attached hydrogen (secondary N) is 1. The molecule has 1 saturated carbocycles. The third-order valence-corrected chi connectivity index (χ3v) is 4.84. The molecular formula is C16H26N4OS. The minimum Gasteiger partial charge on any atom is -0.353 e. The Morgan fingerprint density at radius 3 is 2.77 bits per heavy atom. The van der Waals surface area contributed by atoms with Gasteiger partial charge in [0, 0.05) is 18.5 Å². The van der Waals surface area contributed by atoms with Crippen LogP contribution in [0.3, 0.4) is 0 Å². The van der Waals surface area contributed by atoms with Gasteiger partial charge in [0.2, 0.25) is 5.91 Å². The van der Waals surface area contributed by atoms with Crippen LogP contribution < -0.4 is 5.32 Å². The lowest BCUT2D eigenvalue weighted by Crippen LogP contribution is -2.37. The second kappa shape index (κ2) is 8.36. The van der Waals surface area contributed by atoms with Crippen molar-refractivity contribution in [3.8, 4) is 0 Å². The SMILES string of the molecule is C=CCn1c(SCC(=O)NC2CCCCC2)nnc1C(C)C. The Balaban J connectivity index is 1.90. The van der Waals surface area contributed by atoms with E-state index in [-0.39, 0.29) is 5.91 Å². The van der Waals surface area contributed by atoms with Crippen molar-refractivity contribution < 1.29 is 4.79 Å². The van der Waals surface area contributed by atoms with Crippen LogP contribution >= 0.6 is 11.8 Å². The number of hydrogen-bond acceptors (Lipinski definition) is 4. The van der Waals surface area contributed by atoms with E-state index >= 15 is 0 Å². The number of amides is 1. The maximum absolute atomic E-state index is 12.1. The fourth-order valence-electron chi connectivity index (χ4n) is 2.78. The molecule has 1 aromatic heterocycles.